The predicted molar refractivity (Wildman–Crippen MR) is 86.5 cm³/mol. The molecular weight excluding hydrogens is 334 g/mol. The van der Waals surface area contributed by atoms with Crippen molar-refractivity contribution in [2.75, 3.05) is 36.9 Å². The van der Waals surface area contributed by atoms with Crippen molar-refractivity contribution in [3.63, 3.8) is 0 Å². The summed E-state index contributed by atoms with van der Waals surface area (Å²) in [7, 11) is 0. The van der Waals surface area contributed by atoms with Gasteiger partial charge in [0.25, 0.3) is 11.8 Å². The fourth-order valence-corrected chi connectivity index (χ4v) is 2.89. The Kier molecular flexibility index (Phi) is 4.82. The molecule has 10 nitrogen and oxygen atoms in total. The highest BCUT2D eigenvalue weighted by atomic mass is 32.1. The highest BCUT2D eigenvalue weighted by Crippen LogP contribution is 2.21. The van der Waals surface area contributed by atoms with E-state index in [0.29, 0.717) is 13.2 Å². The number of nitrogens with one attached hydrogen (secondary N) is 2. The molecule has 0 spiro atoms. The second kappa shape index (κ2) is 7.19. The summed E-state index contributed by atoms with van der Waals surface area (Å²) >= 11 is 1.36. The van der Waals surface area contributed by atoms with Crippen LogP contribution < -0.4 is 21.5 Å². The zero-order valence-electron chi connectivity index (χ0n) is 12.6. The van der Waals surface area contributed by atoms with Crippen molar-refractivity contribution in [1.29, 1.82) is 0 Å². The number of aromatic nitrogens is 3. The lowest BCUT2D eigenvalue weighted by Crippen LogP contribution is -2.42. The normalized spacial score (nSPS) is 14.2. The van der Waals surface area contributed by atoms with Crippen LogP contribution in [0.2, 0.25) is 0 Å². The molecule has 0 radical (unpaired) electrons. The molecule has 2 amide bonds. The van der Waals surface area contributed by atoms with E-state index >= 15 is 0 Å². The van der Waals surface area contributed by atoms with Crippen molar-refractivity contribution in [3.05, 3.63) is 29.2 Å². The molecule has 11 heteroatoms. The van der Waals surface area contributed by atoms with Gasteiger partial charge >= 0.3 is 0 Å². The number of rotatable bonds is 3. The van der Waals surface area contributed by atoms with Gasteiger partial charge in [0, 0.05) is 30.9 Å². The smallest absolute Gasteiger partial charge is 0.292 e. The van der Waals surface area contributed by atoms with Gasteiger partial charge in [0.15, 0.2) is 16.6 Å². The third-order valence-electron chi connectivity index (χ3n) is 3.24. The van der Waals surface area contributed by atoms with Crippen LogP contribution in [0.25, 0.3) is 0 Å². The van der Waals surface area contributed by atoms with Crippen LogP contribution in [0.3, 0.4) is 0 Å². The Bertz CT molecular complexity index is 745. The van der Waals surface area contributed by atoms with Gasteiger partial charge in [-0.2, -0.15) is 0 Å². The Balaban J connectivity index is 1.58. The van der Waals surface area contributed by atoms with Crippen molar-refractivity contribution in [2.45, 2.75) is 0 Å². The van der Waals surface area contributed by atoms with Crippen LogP contribution in [0.4, 0.5) is 10.9 Å². The number of hydrogen-bond donors (Lipinski definition) is 3. The topological polar surface area (TPSA) is 135 Å². The number of carbonyl (C=O) groups excluding carboxylic acids is 2. The summed E-state index contributed by atoms with van der Waals surface area (Å²) in [5.74, 6) is -1.20. The second-order valence-electron chi connectivity index (χ2n) is 4.81. The van der Waals surface area contributed by atoms with E-state index in [1.165, 1.54) is 23.7 Å². The average Bonchev–Trinajstić information content (AvgIpc) is 3.11. The number of anilines is 2. The number of amides is 2. The first kappa shape index (κ1) is 16.1. The minimum Gasteiger partial charge on any atom is -0.382 e. The molecule has 2 aromatic heterocycles. The van der Waals surface area contributed by atoms with Crippen LogP contribution in [0, 0.1) is 0 Å². The fourth-order valence-electron chi connectivity index (χ4n) is 2.03. The van der Waals surface area contributed by atoms with Crippen LogP contribution in [-0.2, 0) is 4.74 Å². The van der Waals surface area contributed by atoms with E-state index in [1.54, 1.807) is 5.38 Å². The van der Waals surface area contributed by atoms with E-state index in [-0.39, 0.29) is 17.2 Å². The standard InChI is InChI=1S/C13H15N7O3S/c14-10-9(15-1-2-16-10)12(22)19-18-11(21)8-7-24-13(17-8)20-3-5-23-6-4-20/h1-2,7H,3-6H2,(H2,14,16)(H,18,21)(H,19,22). The molecule has 1 aliphatic rings. The highest BCUT2D eigenvalue weighted by molar-refractivity contribution is 7.13. The number of hydrogen-bond acceptors (Lipinski definition) is 9. The number of ether oxygens (including phenoxy) is 1. The van der Waals surface area contributed by atoms with Crippen molar-refractivity contribution >= 4 is 34.1 Å². The second-order valence-corrected chi connectivity index (χ2v) is 5.65. The van der Waals surface area contributed by atoms with Crippen molar-refractivity contribution in [3.8, 4) is 0 Å². The summed E-state index contributed by atoms with van der Waals surface area (Å²) in [4.78, 5) is 37.9. The van der Waals surface area contributed by atoms with Crippen LogP contribution in [0.5, 0.6) is 0 Å². The molecule has 2 aromatic rings. The van der Waals surface area contributed by atoms with Gasteiger partial charge in [0.05, 0.1) is 13.2 Å². The maximum absolute atomic E-state index is 12.1. The lowest BCUT2D eigenvalue weighted by atomic mass is 10.4. The molecule has 0 saturated carbocycles. The largest absolute Gasteiger partial charge is 0.382 e. The monoisotopic (exact) mass is 349 g/mol. The maximum atomic E-state index is 12.1. The molecular formula is C13H15N7O3S. The SMILES string of the molecule is Nc1nccnc1C(=O)NNC(=O)c1csc(N2CCOCC2)n1. The quantitative estimate of drug-likeness (QED) is 0.627. The Labute approximate surface area is 141 Å². The summed E-state index contributed by atoms with van der Waals surface area (Å²) in [6.07, 6.45) is 2.70. The summed E-state index contributed by atoms with van der Waals surface area (Å²) < 4.78 is 5.28. The van der Waals surface area contributed by atoms with Crippen LogP contribution in [0.15, 0.2) is 17.8 Å². The average molecular weight is 349 g/mol. The number of nitrogens with zero attached hydrogens (tertiary/aromatic N) is 4. The summed E-state index contributed by atoms with van der Waals surface area (Å²) in [5.41, 5.74) is 10.2. The fraction of sp³-hybridized carbons (Fsp3) is 0.308. The number of morpholine rings is 1. The first-order valence-electron chi connectivity index (χ1n) is 7.10. The van der Waals surface area contributed by atoms with E-state index in [2.05, 4.69) is 25.8 Å². The Morgan fingerprint density at radius 2 is 1.88 bits per heavy atom. The number of thiazole rings is 1. The molecule has 1 fully saturated rings. The van der Waals surface area contributed by atoms with E-state index in [1.807, 2.05) is 4.90 Å². The molecule has 0 aliphatic carbocycles. The molecule has 0 bridgehead atoms. The molecule has 1 aliphatic heterocycles. The third-order valence-corrected chi connectivity index (χ3v) is 4.14. The van der Waals surface area contributed by atoms with Gasteiger partial charge in [0.1, 0.15) is 5.69 Å². The summed E-state index contributed by atoms with van der Waals surface area (Å²) in [6.45, 7) is 2.74. The number of nitrogens with two attached hydrogens (primary N) is 1. The van der Waals surface area contributed by atoms with Gasteiger partial charge in [-0.05, 0) is 0 Å². The van der Waals surface area contributed by atoms with Gasteiger partial charge in [-0.3, -0.25) is 20.4 Å². The predicted octanol–water partition coefficient (Wildman–Crippen LogP) is -0.573. The summed E-state index contributed by atoms with van der Waals surface area (Å²) in [6, 6.07) is 0. The van der Waals surface area contributed by atoms with E-state index in [0.717, 1.165) is 18.2 Å². The molecule has 1 saturated heterocycles. The lowest BCUT2D eigenvalue weighted by Gasteiger charge is -2.25. The highest BCUT2D eigenvalue weighted by Gasteiger charge is 2.18. The van der Waals surface area contributed by atoms with Gasteiger partial charge in [-0.25, -0.2) is 15.0 Å². The number of carbonyl (C=O) groups is 2. The van der Waals surface area contributed by atoms with Gasteiger partial charge in [-0.1, -0.05) is 0 Å². The first-order valence-corrected chi connectivity index (χ1v) is 7.98. The zero-order chi connectivity index (χ0) is 16.9. The van der Waals surface area contributed by atoms with E-state index in [4.69, 9.17) is 10.5 Å². The molecule has 0 atom stereocenters. The third kappa shape index (κ3) is 3.58. The molecule has 24 heavy (non-hydrogen) atoms. The Morgan fingerprint density at radius 3 is 2.62 bits per heavy atom. The molecule has 3 rings (SSSR count). The van der Waals surface area contributed by atoms with Gasteiger partial charge in [0.2, 0.25) is 0 Å². The molecule has 3 heterocycles. The van der Waals surface area contributed by atoms with E-state index in [9.17, 15) is 9.59 Å². The number of hydrazine groups is 1. The zero-order valence-corrected chi connectivity index (χ0v) is 13.4. The molecule has 0 unspecified atom stereocenters. The maximum Gasteiger partial charge on any atom is 0.292 e. The van der Waals surface area contributed by atoms with Crippen LogP contribution in [0.1, 0.15) is 21.0 Å². The van der Waals surface area contributed by atoms with Crippen molar-refractivity contribution in [2.24, 2.45) is 0 Å². The molecule has 0 aromatic carbocycles. The van der Waals surface area contributed by atoms with Gasteiger partial charge < -0.3 is 15.4 Å². The van der Waals surface area contributed by atoms with Crippen LogP contribution >= 0.6 is 11.3 Å². The van der Waals surface area contributed by atoms with Crippen LogP contribution in [-0.4, -0.2) is 53.1 Å². The molecule has 4 N–H and O–H groups in total. The first-order chi connectivity index (χ1) is 11.6. The van der Waals surface area contributed by atoms with E-state index < -0.39 is 11.8 Å². The van der Waals surface area contributed by atoms with Gasteiger partial charge in [-0.15, -0.1) is 11.3 Å². The van der Waals surface area contributed by atoms with Crippen molar-refractivity contribution in [1.82, 2.24) is 25.8 Å². The summed E-state index contributed by atoms with van der Waals surface area (Å²) in [5, 5.41) is 2.37. The Hall–Kier alpha value is -2.79. The molecule has 126 valence electrons. The number of nitrogen functional groups attached to an aromatic ring is 1. The Morgan fingerprint density at radius 1 is 1.17 bits per heavy atom. The lowest BCUT2D eigenvalue weighted by molar-refractivity contribution is 0.0842. The minimum atomic E-state index is -0.655. The minimum absolute atomic E-state index is 0.0208. The van der Waals surface area contributed by atoms with Crippen molar-refractivity contribution < 1.29 is 14.3 Å².